The maximum Gasteiger partial charge on any atom is 0.153 e. The van der Waals surface area contributed by atoms with Gasteiger partial charge in [-0.15, -0.1) is 0 Å². The number of benzene rings is 7. The number of nitrogens with zero attached hydrogens (tertiary/aromatic N) is 2. The minimum Gasteiger partial charge on any atom is -0.454 e. The Bertz CT molecular complexity index is 3180. The number of fused-ring (bicyclic) bond motifs is 6. The van der Waals surface area contributed by atoms with E-state index in [0.29, 0.717) is 5.92 Å². The van der Waals surface area contributed by atoms with Crippen molar-refractivity contribution in [3.05, 3.63) is 212 Å². The van der Waals surface area contributed by atoms with E-state index in [1.54, 1.807) is 6.20 Å². The van der Waals surface area contributed by atoms with Crippen molar-refractivity contribution in [2.24, 2.45) is 0 Å². The van der Waals surface area contributed by atoms with Gasteiger partial charge in [0.05, 0.1) is 17.2 Å². The van der Waals surface area contributed by atoms with Crippen LogP contribution in [0.4, 0.5) is 0 Å². The number of rotatable bonds is 6. The molecule has 0 unspecified atom stereocenters. The molecule has 11 rings (SSSR count). The molecule has 0 fully saturated rings. The molecule has 10 aromatic rings. The zero-order valence-corrected chi connectivity index (χ0v) is 30.6. The number of hydrogen-bond donors (Lipinski definition) is 0. The number of pyridine rings is 1. The average molecular weight is 717 g/mol. The van der Waals surface area contributed by atoms with E-state index in [0.717, 1.165) is 33.9 Å². The fourth-order valence-corrected chi connectivity index (χ4v) is 8.63. The van der Waals surface area contributed by atoms with Crippen molar-refractivity contribution < 1.29 is 4.42 Å². The Morgan fingerprint density at radius 1 is 0.482 bits per heavy atom. The van der Waals surface area contributed by atoms with Crippen LogP contribution in [-0.4, -0.2) is 9.55 Å². The normalized spacial score (nSPS) is 14.2. The molecule has 3 heteroatoms. The highest BCUT2D eigenvalue weighted by Crippen LogP contribution is 2.39. The highest BCUT2D eigenvalue weighted by Gasteiger charge is 2.18. The standard InChI is InChI=1S/C53H36N2O/c1-2-18-45(19-3-1)55-50-21-5-4-20-46(50)48-32-43(22-24-51(48)55)41-16-8-14-39(30-41)37-12-6-10-35(28-37)36-11-7-13-38(29-36)40-15-9-17-42(31-40)44-23-25-52-49(33-44)47-26-27-54-34-53(47)56-52/h1-15,17-34,41H,16H2/t41-/m1/s1. The summed E-state index contributed by atoms with van der Waals surface area (Å²) >= 11 is 0. The van der Waals surface area contributed by atoms with Gasteiger partial charge in [-0.1, -0.05) is 121 Å². The van der Waals surface area contributed by atoms with E-state index in [4.69, 9.17) is 4.42 Å². The Hall–Kier alpha value is -7.23. The third-order valence-corrected chi connectivity index (χ3v) is 11.4. The van der Waals surface area contributed by atoms with Crippen LogP contribution in [-0.2, 0) is 0 Å². The minimum atomic E-state index is 0.294. The molecule has 264 valence electrons. The van der Waals surface area contributed by atoms with E-state index in [1.807, 2.05) is 12.3 Å². The molecule has 7 aromatic carbocycles. The van der Waals surface area contributed by atoms with Gasteiger partial charge in [-0.25, -0.2) is 0 Å². The second-order valence-electron chi connectivity index (χ2n) is 14.8. The summed E-state index contributed by atoms with van der Waals surface area (Å²) in [4.78, 5) is 4.23. The van der Waals surface area contributed by atoms with Crippen LogP contribution >= 0.6 is 0 Å². The van der Waals surface area contributed by atoms with Crippen molar-refractivity contribution in [3.8, 4) is 39.1 Å². The van der Waals surface area contributed by atoms with Crippen LogP contribution in [0.25, 0.3) is 88.4 Å². The lowest BCUT2D eigenvalue weighted by molar-refractivity contribution is 0.667. The summed E-state index contributed by atoms with van der Waals surface area (Å²) in [6.45, 7) is 0. The van der Waals surface area contributed by atoms with E-state index in [9.17, 15) is 0 Å². The van der Waals surface area contributed by atoms with Crippen molar-refractivity contribution in [1.29, 1.82) is 0 Å². The first-order valence-electron chi connectivity index (χ1n) is 19.3. The summed E-state index contributed by atoms with van der Waals surface area (Å²) in [5, 5.41) is 4.77. The summed E-state index contributed by atoms with van der Waals surface area (Å²) in [5.41, 5.74) is 16.3. The number of hydrogen-bond acceptors (Lipinski definition) is 2. The third-order valence-electron chi connectivity index (χ3n) is 11.4. The van der Waals surface area contributed by atoms with Crippen LogP contribution in [0.1, 0.15) is 23.5 Å². The largest absolute Gasteiger partial charge is 0.454 e. The summed E-state index contributed by atoms with van der Waals surface area (Å²) in [6.07, 6.45) is 11.7. The topological polar surface area (TPSA) is 31.0 Å². The summed E-state index contributed by atoms with van der Waals surface area (Å²) in [5.74, 6) is 0.294. The molecule has 1 atom stereocenters. The van der Waals surface area contributed by atoms with Crippen LogP contribution < -0.4 is 0 Å². The molecular weight excluding hydrogens is 681 g/mol. The first kappa shape index (κ1) is 32.2. The van der Waals surface area contributed by atoms with Gasteiger partial charge in [-0.3, -0.25) is 4.98 Å². The minimum absolute atomic E-state index is 0.294. The Balaban J connectivity index is 0.900. The van der Waals surface area contributed by atoms with Crippen molar-refractivity contribution in [1.82, 2.24) is 9.55 Å². The van der Waals surface area contributed by atoms with Gasteiger partial charge >= 0.3 is 0 Å². The average Bonchev–Trinajstić information content (AvgIpc) is 3.82. The molecule has 0 spiro atoms. The molecule has 0 aliphatic heterocycles. The monoisotopic (exact) mass is 716 g/mol. The molecule has 0 saturated carbocycles. The van der Waals surface area contributed by atoms with Gasteiger partial charge in [0, 0.05) is 39.3 Å². The van der Waals surface area contributed by atoms with Crippen LogP contribution in [0, 0.1) is 0 Å². The van der Waals surface area contributed by atoms with Crippen LogP contribution in [0.2, 0.25) is 0 Å². The molecule has 56 heavy (non-hydrogen) atoms. The van der Waals surface area contributed by atoms with Gasteiger partial charge in [0.15, 0.2) is 5.58 Å². The third kappa shape index (κ3) is 5.56. The van der Waals surface area contributed by atoms with Gasteiger partial charge in [0.1, 0.15) is 5.58 Å². The highest BCUT2D eigenvalue weighted by molar-refractivity contribution is 6.09. The predicted octanol–water partition coefficient (Wildman–Crippen LogP) is 14.2. The number of para-hydroxylation sites is 2. The highest BCUT2D eigenvalue weighted by atomic mass is 16.3. The van der Waals surface area contributed by atoms with Crippen molar-refractivity contribution in [2.75, 3.05) is 0 Å². The molecule has 0 saturated heterocycles. The maximum atomic E-state index is 6.03. The van der Waals surface area contributed by atoms with Gasteiger partial charge < -0.3 is 8.98 Å². The summed E-state index contributed by atoms with van der Waals surface area (Å²) in [6, 6.07) is 61.6. The predicted molar refractivity (Wildman–Crippen MR) is 233 cm³/mol. The van der Waals surface area contributed by atoms with E-state index >= 15 is 0 Å². The fourth-order valence-electron chi connectivity index (χ4n) is 8.63. The number of aromatic nitrogens is 2. The molecule has 0 bridgehead atoms. The first-order valence-corrected chi connectivity index (χ1v) is 19.3. The Morgan fingerprint density at radius 2 is 1.14 bits per heavy atom. The van der Waals surface area contributed by atoms with Gasteiger partial charge in [0.25, 0.3) is 0 Å². The van der Waals surface area contributed by atoms with Crippen LogP contribution in [0.3, 0.4) is 0 Å². The van der Waals surface area contributed by atoms with Gasteiger partial charge in [-0.2, -0.15) is 0 Å². The molecular formula is C53H36N2O. The molecule has 0 radical (unpaired) electrons. The van der Waals surface area contributed by atoms with Crippen molar-refractivity contribution in [2.45, 2.75) is 12.3 Å². The molecule has 0 amide bonds. The zero-order valence-electron chi connectivity index (χ0n) is 30.6. The molecule has 3 nitrogen and oxygen atoms in total. The Morgan fingerprint density at radius 3 is 1.91 bits per heavy atom. The van der Waals surface area contributed by atoms with Gasteiger partial charge in [-0.05, 0) is 123 Å². The lowest BCUT2D eigenvalue weighted by Gasteiger charge is -2.18. The SMILES string of the molecule is C1=CC(c2cccc(-c3cccc(-c4cccc(-c5ccc6oc7cnccc7c6c5)c4)c3)c2)=C[C@H](c2ccc3c(c2)c2ccccc2n3-c2ccccc2)C1. The van der Waals surface area contributed by atoms with Crippen molar-refractivity contribution >= 4 is 49.3 Å². The van der Waals surface area contributed by atoms with Crippen molar-refractivity contribution in [3.63, 3.8) is 0 Å². The maximum absolute atomic E-state index is 6.03. The van der Waals surface area contributed by atoms with E-state index < -0.39 is 0 Å². The zero-order chi connectivity index (χ0) is 37.0. The number of furan rings is 1. The molecule has 3 aromatic heterocycles. The molecule has 3 heterocycles. The van der Waals surface area contributed by atoms with Crippen LogP contribution in [0.15, 0.2) is 205 Å². The Labute approximate surface area is 325 Å². The number of allylic oxidation sites excluding steroid dienone is 4. The van der Waals surface area contributed by atoms with Gasteiger partial charge in [0.2, 0.25) is 0 Å². The first-order chi connectivity index (χ1) is 27.7. The molecule has 1 aliphatic carbocycles. The van der Waals surface area contributed by atoms with E-state index in [1.165, 1.54) is 72.0 Å². The lowest BCUT2D eigenvalue weighted by Crippen LogP contribution is -2.00. The fraction of sp³-hybridized carbons (Fsp3) is 0.0377. The second-order valence-corrected chi connectivity index (χ2v) is 14.8. The van der Waals surface area contributed by atoms with Crippen LogP contribution in [0.5, 0.6) is 0 Å². The van der Waals surface area contributed by atoms with E-state index in [-0.39, 0.29) is 0 Å². The molecule has 1 aliphatic rings. The summed E-state index contributed by atoms with van der Waals surface area (Å²) < 4.78 is 8.42. The smallest absolute Gasteiger partial charge is 0.153 e. The molecule has 0 N–H and O–H groups in total. The summed E-state index contributed by atoms with van der Waals surface area (Å²) in [7, 11) is 0. The van der Waals surface area contributed by atoms with E-state index in [2.05, 4.69) is 192 Å². The Kier molecular flexibility index (Phi) is 7.63. The second kappa shape index (κ2) is 13.3. The quantitative estimate of drug-likeness (QED) is 0.172. The lowest BCUT2D eigenvalue weighted by atomic mass is 9.86.